The van der Waals surface area contributed by atoms with Crippen LogP contribution < -0.4 is 0 Å². The van der Waals surface area contributed by atoms with Crippen LogP contribution in [0.3, 0.4) is 0 Å². The second-order valence-corrected chi connectivity index (χ2v) is 18.3. The molecule has 0 atom stereocenters. The van der Waals surface area contributed by atoms with E-state index in [1.165, 1.54) is 54.6 Å². The highest BCUT2D eigenvalue weighted by Crippen LogP contribution is 2.47. The number of carboxylic acid groups (broad SMARTS) is 1. The van der Waals surface area contributed by atoms with Crippen LogP contribution in [-0.4, -0.2) is 93.9 Å². The SMILES string of the molecule is O=C(O)c1cc(O)c(N=Nc2ccc(N=Nc3ccc(S(=O)(=O)CCOS(=O)(=O)O)cc3)c3cc(O)ccc23)c(O)c1N=Nc1ccc(S(=O)(=O)CCOS(=O)(=O)O)cc1. The average Bonchev–Trinajstić information content (AvgIpc) is 3.15. The van der Waals surface area contributed by atoms with Gasteiger partial charge in [0.2, 0.25) is 0 Å². The summed E-state index contributed by atoms with van der Waals surface area (Å²) in [7, 11) is -17.8. The maximum atomic E-state index is 12.5. The third-order valence-corrected chi connectivity index (χ3v) is 12.1. The van der Waals surface area contributed by atoms with Gasteiger partial charge in [-0.1, -0.05) is 0 Å². The molecule has 6 N–H and O–H groups in total. The summed E-state index contributed by atoms with van der Waals surface area (Å²) in [6, 6.07) is 17.1. The predicted molar refractivity (Wildman–Crippen MR) is 207 cm³/mol. The van der Waals surface area contributed by atoms with E-state index in [2.05, 4.69) is 39.1 Å². The number of phenolic OH excluding ortho intramolecular Hbond substituents is 3. The van der Waals surface area contributed by atoms with Crippen molar-refractivity contribution < 1.29 is 76.4 Å². The lowest BCUT2D eigenvalue weighted by Gasteiger charge is -2.09. The van der Waals surface area contributed by atoms with E-state index in [4.69, 9.17) is 9.11 Å². The van der Waals surface area contributed by atoms with Crippen LogP contribution in [0.4, 0.5) is 34.1 Å². The summed E-state index contributed by atoms with van der Waals surface area (Å²) in [5.41, 5.74) is -1.56. The molecule has 0 radical (unpaired) electrons. The van der Waals surface area contributed by atoms with Crippen LogP contribution in [0.15, 0.2) is 125 Å². The second kappa shape index (κ2) is 17.9. The standard InChI is InChI=1S/C33H28N6O17S4/c40-21-5-10-24-25(17-21)28(36-34-19-1-6-22(7-2-19)57(45,46)15-13-55-59(49,50)51)12-11-27(24)37-39-31-29(41)18-26(33(43)44)30(32(31)42)38-35-20-3-8-23(9-4-20)58(47,48)16-14-56-60(52,53)54/h1-12,17-18,40-42H,13-16H2,(H,43,44)(H,49,50,51)(H,52,53,54). The normalized spacial score (nSPS) is 12.9. The number of aromatic carboxylic acids is 1. The summed E-state index contributed by atoms with van der Waals surface area (Å²) in [4.78, 5) is 11.5. The van der Waals surface area contributed by atoms with Crippen molar-refractivity contribution in [3.05, 3.63) is 90.5 Å². The zero-order chi connectivity index (χ0) is 44.0. The van der Waals surface area contributed by atoms with Crippen molar-refractivity contribution in [2.45, 2.75) is 9.79 Å². The van der Waals surface area contributed by atoms with Crippen LogP contribution in [0.2, 0.25) is 0 Å². The van der Waals surface area contributed by atoms with Gasteiger partial charge in [0.1, 0.15) is 17.2 Å². The minimum absolute atomic E-state index is 0.0333. The van der Waals surface area contributed by atoms with Crippen molar-refractivity contribution in [3.63, 3.8) is 0 Å². The highest BCUT2D eigenvalue weighted by Gasteiger charge is 2.23. The van der Waals surface area contributed by atoms with Crippen LogP contribution >= 0.6 is 0 Å². The van der Waals surface area contributed by atoms with E-state index >= 15 is 0 Å². The first-order chi connectivity index (χ1) is 28.0. The van der Waals surface area contributed by atoms with Crippen molar-refractivity contribution in [2.75, 3.05) is 24.7 Å². The number of benzene rings is 5. The first-order valence-corrected chi connectivity index (χ1v) is 22.3. The molecule has 0 spiro atoms. The third kappa shape index (κ3) is 11.7. The van der Waals surface area contributed by atoms with E-state index in [9.17, 15) is 58.9 Å². The highest BCUT2D eigenvalue weighted by atomic mass is 32.3. The van der Waals surface area contributed by atoms with Gasteiger partial charge < -0.3 is 20.4 Å². The highest BCUT2D eigenvalue weighted by molar-refractivity contribution is 7.91. The van der Waals surface area contributed by atoms with Crippen LogP contribution in [-0.2, 0) is 48.8 Å². The number of rotatable bonds is 17. The maximum absolute atomic E-state index is 12.5. The lowest BCUT2D eigenvalue weighted by Crippen LogP contribution is -2.15. The van der Waals surface area contributed by atoms with Crippen molar-refractivity contribution in [1.29, 1.82) is 0 Å². The van der Waals surface area contributed by atoms with Gasteiger partial charge in [-0.3, -0.25) is 9.11 Å². The lowest BCUT2D eigenvalue weighted by atomic mass is 10.1. The van der Waals surface area contributed by atoms with Crippen molar-refractivity contribution >= 4 is 91.3 Å². The van der Waals surface area contributed by atoms with Gasteiger partial charge in [0.25, 0.3) is 0 Å². The minimum atomic E-state index is -4.86. The minimum Gasteiger partial charge on any atom is -0.508 e. The van der Waals surface area contributed by atoms with Crippen molar-refractivity contribution in [3.8, 4) is 17.2 Å². The van der Waals surface area contributed by atoms with Gasteiger partial charge >= 0.3 is 26.8 Å². The number of hydrogen-bond donors (Lipinski definition) is 6. The molecule has 0 amide bonds. The number of nitrogens with zero attached hydrogens (tertiary/aromatic N) is 6. The number of sulfone groups is 2. The number of carboxylic acids is 1. The van der Waals surface area contributed by atoms with Gasteiger partial charge in [-0.15, -0.1) is 20.5 Å². The van der Waals surface area contributed by atoms with Gasteiger partial charge in [0.05, 0.1) is 62.8 Å². The molecule has 0 saturated carbocycles. The molecule has 60 heavy (non-hydrogen) atoms. The van der Waals surface area contributed by atoms with Crippen LogP contribution in [0, 0.1) is 0 Å². The molecule has 0 fully saturated rings. The molecule has 0 heterocycles. The van der Waals surface area contributed by atoms with E-state index in [0.29, 0.717) is 5.39 Å². The van der Waals surface area contributed by atoms with Gasteiger partial charge in [-0.05, 0) is 84.9 Å². The van der Waals surface area contributed by atoms with Gasteiger partial charge in [-0.2, -0.15) is 27.1 Å². The zero-order valence-corrected chi connectivity index (χ0v) is 33.2. The molecule has 5 aromatic carbocycles. The first kappa shape index (κ1) is 44.8. The molecule has 23 nitrogen and oxygen atoms in total. The Balaban J connectivity index is 1.40. The Morgan fingerprint density at radius 3 is 1.47 bits per heavy atom. The summed E-state index contributed by atoms with van der Waals surface area (Å²) < 4.78 is 118. The Labute approximate surface area is 339 Å². The van der Waals surface area contributed by atoms with Crippen LogP contribution in [0.5, 0.6) is 17.2 Å². The van der Waals surface area contributed by atoms with E-state index < -0.39 is 99.6 Å². The fourth-order valence-electron chi connectivity index (χ4n) is 4.97. The summed E-state index contributed by atoms with van der Waals surface area (Å²) in [5.74, 6) is -5.15. The third-order valence-electron chi connectivity index (χ3n) is 7.77. The molecule has 5 rings (SSSR count). The number of carbonyl (C=O) groups is 1. The smallest absolute Gasteiger partial charge is 0.397 e. The summed E-state index contributed by atoms with van der Waals surface area (Å²) in [6.07, 6.45) is 0. The van der Waals surface area contributed by atoms with Crippen LogP contribution in [0.1, 0.15) is 10.4 Å². The van der Waals surface area contributed by atoms with E-state index in [1.54, 1.807) is 0 Å². The van der Waals surface area contributed by atoms with Crippen molar-refractivity contribution in [1.82, 2.24) is 0 Å². The Bertz CT molecular complexity index is 3020. The van der Waals surface area contributed by atoms with Gasteiger partial charge in [0, 0.05) is 10.8 Å². The first-order valence-electron chi connectivity index (χ1n) is 16.3. The van der Waals surface area contributed by atoms with Crippen LogP contribution in [0.25, 0.3) is 10.8 Å². The molecule has 316 valence electrons. The zero-order valence-electron chi connectivity index (χ0n) is 29.9. The molecular weight excluding hydrogens is 881 g/mol. The van der Waals surface area contributed by atoms with Crippen molar-refractivity contribution in [2.24, 2.45) is 30.7 Å². The number of fused-ring (bicyclic) bond motifs is 1. The number of aromatic hydroxyl groups is 3. The molecule has 0 bridgehead atoms. The predicted octanol–water partition coefficient (Wildman–Crippen LogP) is 6.09. The Kier molecular flexibility index (Phi) is 13.3. The summed E-state index contributed by atoms with van der Waals surface area (Å²) in [5, 5.41) is 66.1. The number of azo groups is 3. The fraction of sp³-hybridized carbons (Fsp3) is 0.121. The molecule has 5 aromatic rings. The molecule has 0 aromatic heterocycles. The Morgan fingerprint density at radius 2 is 0.983 bits per heavy atom. The van der Waals surface area contributed by atoms with E-state index in [0.717, 1.165) is 30.3 Å². The summed E-state index contributed by atoms with van der Waals surface area (Å²) in [6.45, 7) is -1.67. The van der Waals surface area contributed by atoms with Gasteiger partial charge in [-0.25, -0.2) is 30.0 Å². The monoisotopic (exact) mass is 908 g/mol. The van der Waals surface area contributed by atoms with E-state index in [1.807, 2.05) is 0 Å². The summed E-state index contributed by atoms with van der Waals surface area (Å²) >= 11 is 0. The van der Waals surface area contributed by atoms with Gasteiger partial charge in [0.15, 0.2) is 31.1 Å². The molecule has 0 aliphatic rings. The molecule has 0 aliphatic heterocycles. The molecule has 0 saturated heterocycles. The average molecular weight is 909 g/mol. The molecule has 0 unspecified atom stereocenters. The quantitative estimate of drug-likeness (QED) is 0.0454. The topological polar surface area (TPSA) is 368 Å². The number of hydrogen-bond acceptors (Lipinski definition) is 20. The fourth-order valence-corrected chi connectivity index (χ4v) is 7.95. The number of phenols is 3. The molecule has 27 heteroatoms. The second-order valence-electron chi connectivity index (χ2n) is 11.9. The molecular formula is C33H28N6O17S4. The largest absolute Gasteiger partial charge is 0.508 e. The van der Waals surface area contributed by atoms with E-state index in [-0.39, 0.29) is 43.7 Å². The Hall–Kier alpha value is -6.33. The maximum Gasteiger partial charge on any atom is 0.397 e. The Morgan fingerprint density at radius 1 is 0.533 bits per heavy atom. The lowest BCUT2D eigenvalue weighted by molar-refractivity contribution is 0.0696. The molecule has 0 aliphatic carbocycles.